The Morgan fingerprint density at radius 2 is 1.44 bits per heavy atom. The second kappa shape index (κ2) is 15.8. The number of carboxylic acids is 1. The van der Waals surface area contributed by atoms with Crippen LogP contribution in [0.15, 0.2) is 48.6 Å². The first kappa shape index (κ1) is 23.3. The van der Waals surface area contributed by atoms with Gasteiger partial charge >= 0.3 is 5.97 Å². The van der Waals surface area contributed by atoms with E-state index in [2.05, 4.69) is 6.92 Å². The highest BCUT2D eigenvalue weighted by molar-refractivity contribution is 5.66. The van der Waals surface area contributed by atoms with Crippen LogP contribution in [0, 0.1) is 0 Å². The number of hydrogen-bond acceptors (Lipinski definition) is 4. The molecule has 0 saturated heterocycles. The van der Waals surface area contributed by atoms with Gasteiger partial charge in [0.05, 0.1) is 18.3 Å². The molecule has 0 aliphatic heterocycles. The van der Waals surface area contributed by atoms with Crippen LogP contribution in [-0.2, 0) is 4.79 Å². The molecular weight excluding hydrogens is 320 g/mol. The average Bonchev–Trinajstić information content (AvgIpc) is 2.56. The molecule has 0 heterocycles. The Bertz CT molecular complexity index is 451. The Morgan fingerprint density at radius 3 is 2.04 bits per heavy atom. The zero-order valence-electron chi connectivity index (χ0n) is 15.0. The summed E-state index contributed by atoms with van der Waals surface area (Å²) in [5.41, 5.74) is 0. The molecule has 0 fully saturated rings. The number of carbonyl (C=O) groups is 1. The maximum Gasteiger partial charge on any atom is 0.303 e. The van der Waals surface area contributed by atoms with Crippen molar-refractivity contribution in [2.45, 2.75) is 70.2 Å². The van der Waals surface area contributed by atoms with Crippen molar-refractivity contribution in [3.63, 3.8) is 0 Å². The lowest BCUT2D eigenvalue weighted by Gasteiger charge is -2.13. The first-order valence-electron chi connectivity index (χ1n) is 8.91. The van der Waals surface area contributed by atoms with E-state index >= 15 is 0 Å². The zero-order valence-corrected chi connectivity index (χ0v) is 15.0. The minimum atomic E-state index is -1.01. The summed E-state index contributed by atoms with van der Waals surface area (Å²) in [5.74, 6) is -0.908. The van der Waals surface area contributed by atoms with Crippen LogP contribution in [0.4, 0.5) is 0 Å². The van der Waals surface area contributed by atoms with Crippen LogP contribution < -0.4 is 0 Å². The zero-order chi connectivity index (χ0) is 18.9. The van der Waals surface area contributed by atoms with E-state index in [9.17, 15) is 20.1 Å². The van der Waals surface area contributed by atoms with E-state index in [1.165, 1.54) is 6.08 Å². The van der Waals surface area contributed by atoms with E-state index < -0.39 is 24.3 Å². The highest BCUT2D eigenvalue weighted by atomic mass is 16.4. The van der Waals surface area contributed by atoms with E-state index in [0.717, 1.165) is 25.7 Å². The molecule has 5 nitrogen and oxygen atoms in total. The topological polar surface area (TPSA) is 98.0 Å². The predicted octanol–water partition coefficient (Wildman–Crippen LogP) is 3.13. The molecule has 0 aromatic heterocycles. The van der Waals surface area contributed by atoms with Crippen molar-refractivity contribution in [1.82, 2.24) is 0 Å². The smallest absolute Gasteiger partial charge is 0.303 e. The first-order chi connectivity index (χ1) is 12.0. The van der Waals surface area contributed by atoms with Crippen molar-refractivity contribution in [2.24, 2.45) is 0 Å². The van der Waals surface area contributed by atoms with Gasteiger partial charge in [0.1, 0.15) is 0 Å². The summed E-state index contributed by atoms with van der Waals surface area (Å²) in [6.07, 6.45) is 16.0. The highest BCUT2D eigenvalue weighted by Gasteiger charge is 2.12. The summed E-state index contributed by atoms with van der Waals surface area (Å²) in [5, 5.41) is 37.6. The van der Waals surface area contributed by atoms with E-state index in [1.54, 1.807) is 36.5 Å². The fourth-order valence-electron chi connectivity index (χ4n) is 2.09. The van der Waals surface area contributed by atoms with Crippen LogP contribution in [0.5, 0.6) is 0 Å². The van der Waals surface area contributed by atoms with Crippen molar-refractivity contribution in [3.05, 3.63) is 48.6 Å². The van der Waals surface area contributed by atoms with Gasteiger partial charge in [-0.1, -0.05) is 74.8 Å². The van der Waals surface area contributed by atoms with E-state index in [-0.39, 0.29) is 12.8 Å². The van der Waals surface area contributed by atoms with Crippen molar-refractivity contribution in [2.75, 3.05) is 0 Å². The normalized spacial score (nSPS) is 16.3. The van der Waals surface area contributed by atoms with Gasteiger partial charge < -0.3 is 20.4 Å². The molecule has 25 heavy (non-hydrogen) atoms. The number of rotatable bonds is 14. The van der Waals surface area contributed by atoms with Gasteiger partial charge in [0.25, 0.3) is 0 Å². The van der Waals surface area contributed by atoms with Gasteiger partial charge in [0.2, 0.25) is 0 Å². The Balaban J connectivity index is 3.97. The molecule has 0 aliphatic carbocycles. The Morgan fingerprint density at radius 1 is 0.840 bits per heavy atom. The molecule has 0 saturated carbocycles. The number of hydrogen-bond donors (Lipinski definition) is 4. The number of allylic oxidation sites excluding steroid dienone is 6. The van der Waals surface area contributed by atoms with E-state index in [4.69, 9.17) is 5.11 Å². The van der Waals surface area contributed by atoms with Crippen molar-refractivity contribution < 1.29 is 25.2 Å². The Kier molecular flexibility index (Phi) is 14.7. The van der Waals surface area contributed by atoms with E-state index in [0.29, 0.717) is 6.42 Å². The van der Waals surface area contributed by atoms with Crippen LogP contribution in [0.25, 0.3) is 0 Å². The van der Waals surface area contributed by atoms with Crippen LogP contribution in [0.2, 0.25) is 0 Å². The van der Waals surface area contributed by atoms with Gasteiger partial charge in [0.15, 0.2) is 0 Å². The number of unbranched alkanes of at least 4 members (excludes halogenated alkanes) is 2. The highest BCUT2D eigenvalue weighted by Crippen LogP contribution is 2.06. The molecule has 5 heteroatoms. The molecule has 142 valence electrons. The molecule has 0 aromatic rings. The van der Waals surface area contributed by atoms with Crippen molar-refractivity contribution >= 4 is 5.97 Å². The van der Waals surface area contributed by atoms with Gasteiger partial charge in [-0.25, -0.2) is 0 Å². The summed E-state index contributed by atoms with van der Waals surface area (Å²) >= 11 is 0. The van der Waals surface area contributed by atoms with Crippen LogP contribution >= 0.6 is 0 Å². The molecule has 0 rings (SSSR count). The number of carboxylic acid groups (broad SMARTS) is 1. The van der Waals surface area contributed by atoms with Crippen LogP contribution in [-0.4, -0.2) is 44.7 Å². The molecular formula is C20H32O5. The molecule has 3 atom stereocenters. The summed E-state index contributed by atoms with van der Waals surface area (Å²) in [6, 6.07) is 0. The number of aliphatic hydroxyl groups is 3. The van der Waals surface area contributed by atoms with Crippen molar-refractivity contribution in [3.8, 4) is 0 Å². The third-order valence-electron chi connectivity index (χ3n) is 3.59. The van der Waals surface area contributed by atoms with Crippen LogP contribution in [0.3, 0.4) is 0 Å². The molecule has 0 aromatic carbocycles. The predicted molar refractivity (Wildman–Crippen MR) is 100 cm³/mol. The fraction of sp³-hybridized carbons (Fsp3) is 0.550. The van der Waals surface area contributed by atoms with Crippen molar-refractivity contribution in [1.29, 1.82) is 0 Å². The summed E-state index contributed by atoms with van der Waals surface area (Å²) < 4.78 is 0. The lowest BCUT2D eigenvalue weighted by atomic mass is 10.1. The fourth-order valence-corrected chi connectivity index (χ4v) is 2.09. The first-order valence-corrected chi connectivity index (χ1v) is 8.91. The summed E-state index contributed by atoms with van der Waals surface area (Å²) in [7, 11) is 0. The molecule has 0 radical (unpaired) electrons. The minimum absolute atomic E-state index is 0.0149. The Labute approximate surface area is 150 Å². The molecule has 0 amide bonds. The molecule has 4 N–H and O–H groups in total. The Hall–Kier alpha value is -1.69. The average molecular weight is 352 g/mol. The quantitative estimate of drug-likeness (QED) is 0.284. The standard InChI is InChI=1S/C20H32O5/c1-2-3-8-12-17(21)13-9-6-4-5-7-10-14-18(22)19(23)15-11-16-20(24)25/h4-7,9-10,13-14,17-19,21-23H,2-3,8,11-12,15-16H2,1H3,(H,24,25)/b6-4+,7-5+,13-9+,14-10+/t17-,18-,19-/m0/s1. The van der Waals surface area contributed by atoms with Gasteiger partial charge in [0, 0.05) is 6.42 Å². The number of aliphatic carboxylic acids is 1. The van der Waals surface area contributed by atoms with E-state index in [1.807, 2.05) is 6.08 Å². The van der Waals surface area contributed by atoms with Crippen LogP contribution in [0.1, 0.15) is 51.9 Å². The SMILES string of the molecule is CCCCC[C@H](O)/C=C/C=C/C=C/C=C/[C@H](O)[C@@H](O)CCCC(=O)O. The van der Waals surface area contributed by atoms with Gasteiger partial charge in [-0.2, -0.15) is 0 Å². The molecule has 0 unspecified atom stereocenters. The lowest BCUT2D eigenvalue weighted by molar-refractivity contribution is -0.137. The third kappa shape index (κ3) is 15.6. The second-order valence-corrected chi connectivity index (χ2v) is 5.95. The monoisotopic (exact) mass is 352 g/mol. The molecule has 0 bridgehead atoms. The summed E-state index contributed by atoms with van der Waals surface area (Å²) in [6.45, 7) is 2.13. The third-order valence-corrected chi connectivity index (χ3v) is 3.59. The van der Waals surface area contributed by atoms with Gasteiger partial charge in [-0.3, -0.25) is 4.79 Å². The maximum absolute atomic E-state index is 10.4. The number of aliphatic hydroxyl groups excluding tert-OH is 3. The van der Waals surface area contributed by atoms with Gasteiger partial charge in [-0.05, 0) is 19.3 Å². The molecule has 0 spiro atoms. The van der Waals surface area contributed by atoms with Gasteiger partial charge in [-0.15, -0.1) is 0 Å². The lowest BCUT2D eigenvalue weighted by Crippen LogP contribution is -2.23. The summed E-state index contributed by atoms with van der Waals surface area (Å²) in [4.78, 5) is 10.4. The molecule has 0 aliphatic rings. The largest absolute Gasteiger partial charge is 0.481 e. The maximum atomic E-state index is 10.4. The minimum Gasteiger partial charge on any atom is -0.481 e. The second-order valence-electron chi connectivity index (χ2n) is 5.95.